The number of carbonyl (C=O) groups excluding carboxylic acids is 1. The molecule has 6 nitrogen and oxygen atoms in total. The predicted octanol–water partition coefficient (Wildman–Crippen LogP) is 6.29. The summed E-state index contributed by atoms with van der Waals surface area (Å²) in [5.74, 6) is 1.09. The number of hydrogen-bond donors (Lipinski definition) is 0. The molecule has 1 unspecified atom stereocenters. The van der Waals surface area contributed by atoms with E-state index >= 15 is 0 Å². The topological polar surface area (TPSA) is 64.0 Å². The van der Waals surface area contributed by atoms with E-state index in [0.29, 0.717) is 23.1 Å². The van der Waals surface area contributed by atoms with E-state index in [2.05, 4.69) is 5.16 Å². The summed E-state index contributed by atoms with van der Waals surface area (Å²) >= 11 is 15.0. The van der Waals surface area contributed by atoms with Crippen molar-refractivity contribution in [3.63, 3.8) is 0 Å². The number of carbonyl (C=O) groups is 1. The third kappa shape index (κ3) is 5.71. The minimum absolute atomic E-state index is 0.00263. The van der Waals surface area contributed by atoms with Crippen LogP contribution in [-0.4, -0.2) is 46.7 Å². The van der Waals surface area contributed by atoms with Crippen LogP contribution in [-0.2, 0) is 9.63 Å². The highest BCUT2D eigenvalue weighted by Gasteiger charge is 2.31. The number of amides is 1. The summed E-state index contributed by atoms with van der Waals surface area (Å²) in [6.45, 7) is 5.45. The maximum Gasteiger partial charge on any atom is 0.237 e. The van der Waals surface area contributed by atoms with Crippen LogP contribution in [0.3, 0.4) is 0 Å². The third-order valence-electron chi connectivity index (χ3n) is 5.31. The van der Waals surface area contributed by atoms with Crippen molar-refractivity contribution in [2.45, 2.75) is 45.1 Å². The fourth-order valence-electron chi connectivity index (χ4n) is 3.74. The average molecular weight is 517 g/mol. The number of hydrogen-bond acceptors (Lipinski definition) is 7. The molecule has 2 aliphatic rings. The highest BCUT2D eigenvalue weighted by atomic mass is 35.5. The largest absolute Gasteiger partial charge is 0.426 e. The number of aromatic nitrogens is 1. The van der Waals surface area contributed by atoms with Crippen molar-refractivity contribution in [1.29, 1.82) is 0 Å². The van der Waals surface area contributed by atoms with Crippen molar-refractivity contribution >= 4 is 58.2 Å². The SMILES string of the molecule is CC.CSOc1cccc(Cl)c1C1CC(c2csc(C3CCN(C(=O)CCl)CC3)n2)=NO1. The number of likely N-dealkylation sites (tertiary alicyclic amines) is 1. The maximum atomic E-state index is 11.8. The Labute approximate surface area is 207 Å². The van der Waals surface area contributed by atoms with Crippen molar-refractivity contribution in [2.75, 3.05) is 25.2 Å². The maximum absolute atomic E-state index is 11.8. The Morgan fingerprint density at radius 2 is 2.09 bits per heavy atom. The molecule has 174 valence electrons. The molecule has 1 saturated heterocycles. The summed E-state index contributed by atoms with van der Waals surface area (Å²) in [7, 11) is 0. The lowest BCUT2D eigenvalue weighted by Crippen LogP contribution is -2.38. The smallest absolute Gasteiger partial charge is 0.237 e. The zero-order valence-corrected chi connectivity index (χ0v) is 21.5. The van der Waals surface area contributed by atoms with E-state index < -0.39 is 0 Å². The van der Waals surface area contributed by atoms with Crippen LogP contribution in [0.5, 0.6) is 5.75 Å². The molecule has 1 atom stereocenters. The van der Waals surface area contributed by atoms with E-state index in [9.17, 15) is 4.79 Å². The number of alkyl halides is 1. The number of piperidine rings is 1. The van der Waals surface area contributed by atoms with Crippen molar-refractivity contribution in [2.24, 2.45) is 5.16 Å². The molecule has 1 amide bonds. The molecule has 4 rings (SSSR count). The molecule has 1 aromatic heterocycles. The Morgan fingerprint density at radius 1 is 1.34 bits per heavy atom. The van der Waals surface area contributed by atoms with E-state index in [1.165, 1.54) is 12.0 Å². The van der Waals surface area contributed by atoms with E-state index in [-0.39, 0.29) is 17.9 Å². The van der Waals surface area contributed by atoms with Crippen LogP contribution in [0.15, 0.2) is 28.7 Å². The van der Waals surface area contributed by atoms with Crippen molar-refractivity contribution in [3.8, 4) is 5.75 Å². The second-order valence-corrected chi connectivity index (χ2v) is 9.16. The van der Waals surface area contributed by atoms with Gasteiger partial charge in [0.15, 0.2) is 6.10 Å². The molecular formula is C22H27Cl2N3O3S2. The van der Waals surface area contributed by atoms with E-state index in [1.807, 2.05) is 48.6 Å². The van der Waals surface area contributed by atoms with Crippen molar-refractivity contribution < 1.29 is 13.8 Å². The van der Waals surface area contributed by atoms with Crippen LogP contribution in [0.25, 0.3) is 0 Å². The number of halogens is 2. The van der Waals surface area contributed by atoms with Gasteiger partial charge in [0, 0.05) is 37.1 Å². The van der Waals surface area contributed by atoms with Crippen molar-refractivity contribution in [1.82, 2.24) is 9.88 Å². The average Bonchev–Trinajstić information content (AvgIpc) is 3.50. The first-order valence-corrected chi connectivity index (χ1v) is 13.6. The van der Waals surface area contributed by atoms with Crippen LogP contribution in [0.4, 0.5) is 0 Å². The van der Waals surface area contributed by atoms with Gasteiger partial charge in [-0.05, 0) is 25.0 Å². The lowest BCUT2D eigenvalue weighted by atomic mass is 9.97. The normalized spacial score (nSPS) is 18.5. The van der Waals surface area contributed by atoms with Gasteiger partial charge in [0.1, 0.15) is 17.3 Å². The van der Waals surface area contributed by atoms with Crippen molar-refractivity contribution in [3.05, 3.63) is 44.9 Å². The minimum atomic E-state index is -0.300. The van der Waals surface area contributed by atoms with Gasteiger partial charge in [0.2, 0.25) is 5.91 Å². The molecule has 0 spiro atoms. The molecular weight excluding hydrogens is 489 g/mol. The van der Waals surface area contributed by atoms with Crippen LogP contribution in [0.2, 0.25) is 5.02 Å². The summed E-state index contributed by atoms with van der Waals surface area (Å²) in [6.07, 6.45) is 3.94. The molecule has 0 bridgehead atoms. The third-order valence-corrected chi connectivity index (χ3v) is 7.22. The standard InChI is InChI=1S/C20H21Cl2N3O3S2.C2H6/c1-29-28-16-4-2-3-13(22)19(16)17-9-14(24-27-17)15-11-30-20(23-15)12-5-7-25(8-6-12)18(26)10-21;1-2/h2-4,11-12,17H,5-10H2,1H3;1-2H3. The first-order chi connectivity index (χ1) is 15.6. The lowest BCUT2D eigenvalue weighted by Gasteiger charge is -2.30. The lowest BCUT2D eigenvalue weighted by molar-refractivity contribution is -0.129. The van der Waals surface area contributed by atoms with Gasteiger partial charge in [-0.1, -0.05) is 36.7 Å². The van der Waals surface area contributed by atoms with Crippen LogP contribution in [0, 0.1) is 0 Å². The Morgan fingerprint density at radius 3 is 2.78 bits per heavy atom. The number of thiazole rings is 1. The molecule has 0 saturated carbocycles. The Bertz CT molecular complexity index is 946. The molecule has 10 heteroatoms. The molecule has 2 aliphatic heterocycles. The van der Waals surface area contributed by atoms with E-state index in [1.54, 1.807) is 11.3 Å². The minimum Gasteiger partial charge on any atom is -0.426 e. The first kappa shape index (κ1) is 25.1. The van der Waals surface area contributed by atoms with Crippen LogP contribution >= 0.6 is 46.6 Å². The molecule has 1 fully saturated rings. The fraction of sp³-hybridized carbons (Fsp3) is 0.500. The van der Waals surface area contributed by atoms with Crippen LogP contribution < -0.4 is 4.18 Å². The fourth-order valence-corrected chi connectivity index (χ4v) is 5.53. The van der Waals surface area contributed by atoms with Gasteiger partial charge in [-0.15, -0.1) is 22.9 Å². The highest BCUT2D eigenvalue weighted by Crippen LogP contribution is 2.41. The Hall–Kier alpha value is -1.48. The number of oxime groups is 1. The highest BCUT2D eigenvalue weighted by molar-refractivity contribution is 7.94. The molecule has 2 aromatic rings. The second kappa shape index (κ2) is 12.1. The Balaban J connectivity index is 0.00000141. The molecule has 3 heterocycles. The van der Waals surface area contributed by atoms with Gasteiger partial charge in [-0.25, -0.2) is 4.98 Å². The summed E-state index contributed by atoms with van der Waals surface area (Å²) in [5, 5.41) is 7.99. The molecule has 0 aliphatic carbocycles. The number of benzene rings is 1. The van der Waals surface area contributed by atoms with Crippen LogP contribution in [0.1, 0.15) is 61.4 Å². The van der Waals surface area contributed by atoms with Gasteiger partial charge in [0.05, 0.1) is 33.3 Å². The first-order valence-electron chi connectivity index (χ1n) is 10.6. The Kier molecular flexibility index (Phi) is 9.52. The van der Waals surface area contributed by atoms with Gasteiger partial charge in [-0.2, -0.15) is 0 Å². The summed E-state index contributed by atoms with van der Waals surface area (Å²) < 4.78 is 5.64. The summed E-state index contributed by atoms with van der Waals surface area (Å²) in [6, 6.07) is 5.56. The quantitative estimate of drug-likeness (QED) is 0.334. The molecule has 32 heavy (non-hydrogen) atoms. The second-order valence-electron chi connectivity index (χ2n) is 7.10. The predicted molar refractivity (Wildman–Crippen MR) is 133 cm³/mol. The molecule has 0 N–H and O–H groups in total. The van der Waals surface area contributed by atoms with Gasteiger partial charge in [0.25, 0.3) is 0 Å². The van der Waals surface area contributed by atoms with Gasteiger partial charge < -0.3 is 13.9 Å². The van der Waals surface area contributed by atoms with E-state index in [0.717, 1.165) is 47.9 Å². The van der Waals surface area contributed by atoms with E-state index in [4.69, 9.17) is 37.2 Å². The zero-order chi connectivity index (χ0) is 23.1. The summed E-state index contributed by atoms with van der Waals surface area (Å²) in [5.41, 5.74) is 2.46. The zero-order valence-electron chi connectivity index (χ0n) is 18.3. The molecule has 0 radical (unpaired) electrons. The number of nitrogens with zero attached hydrogens (tertiary/aromatic N) is 3. The van der Waals surface area contributed by atoms with Gasteiger partial charge in [-0.3, -0.25) is 4.79 Å². The monoisotopic (exact) mass is 515 g/mol. The van der Waals surface area contributed by atoms with Gasteiger partial charge >= 0.3 is 0 Å². The number of rotatable bonds is 6. The summed E-state index contributed by atoms with van der Waals surface area (Å²) in [4.78, 5) is 24.1. The molecule has 1 aromatic carbocycles.